The Balaban J connectivity index is 1.57. The number of fused-ring (bicyclic) bond motifs is 3. The molecule has 0 bridgehead atoms. The lowest BCUT2D eigenvalue weighted by Gasteiger charge is -2.37. The molecular formula is C20H22FN3O3. The third kappa shape index (κ3) is 2.60. The molecule has 0 radical (unpaired) electrons. The van der Waals surface area contributed by atoms with Gasteiger partial charge < -0.3 is 19.9 Å². The van der Waals surface area contributed by atoms with Crippen molar-refractivity contribution in [2.75, 3.05) is 32.8 Å². The molecule has 0 saturated carbocycles. The van der Waals surface area contributed by atoms with Gasteiger partial charge in [-0.15, -0.1) is 0 Å². The van der Waals surface area contributed by atoms with Crippen LogP contribution in [0.5, 0.6) is 0 Å². The van der Waals surface area contributed by atoms with E-state index in [0.717, 1.165) is 25.9 Å². The average molecular weight is 371 g/mol. The predicted octanol–water partition coefficient (Wildman–Crippen LogP) is 1.51. The van der Waals surface area contributed by atoms with Crippen molar-refractivity contribution in [1.29, 1.82) is 0 Å². The Morgan fingerprint density at radius 2 is 2.04 bits per heavy atom. The number of ether oxygens (including phenoxy) is 1. The maximum absolute atomic E-state index is 13.8. The monoisotopic (exact) mass is 371 g/mol. The van der Waals surface area contributed by atoms with Gasteiger partial charge in [0.25, 0.3) is 5.91 Å². The van der Waals surface area contributed by atoms with Gasteiger partial charge in [-0.3, -0.25) is 9.59 Å². The van der Waals surface area contributed by atoms with Crippen molar-refractivity contribution in [2.24, 2.45) is 11.3 Å². The molecule has 3 aliphatic rings. The van der Waals surface area contributed by atoms with Crippen LogP contribution in [0.4, 0.5) is 4.39 Å². The number of rotatable bonds is 1. The summed E-state index contributed by atoms with van der Waals surface area (Å²) in [5, 5.41) is 3.84. The summed E-state index contributed by atoms with van der Waals surface area (Å²) in [6, 6.07) is 5.42. The maximum Gasteiger partial charge on any atom is 0.255 e. The van der Waals surface area contributed by atoms with Crippen LogP contribution in [0.15, 0.2) is 29.1 Å². The summed E-state index contributed by atoms with van der Waals surface area (Å²) < 4.78 is 19.6. The smallest absolute Gasteiger partial charge is 0.255 e. The molecule has 3 aliphatic heterocycles. The van der Waals surface area contributed by atoms with Crippen molar-refractivity contribution in [3.05, 3.63) is 46.0 Å². The van der Waals surface area contributed by atoms with Gasteiger partial charge in [0.15, 0.2) is 0 Å². The van der Waals surface area contributed by atoms with Gasteiger partial charge in [0.05, 0.1) is 24.8 Å². The lowest BCUT2D eigenvalue weighted by Crippen LogP contribution is -2.43. The minimum atomic E-state index is -0.429. The van der Waals surface area contributed by atoms with E-state index in [2.05, 4.69) is 10.3 Å². The number of aromatic amines is 1. The first kappa shape index (κ1) is 16.9. The molecule has 27 heavy (non-hydrogen) atoms. The Labute approximate surface area is 155 Å². The number of carbonyl (C=O) groups excluding carboxylic acids is 1. The molecule has 7 heteroatoms. The first-order valence-corrected chi connectivity index (χ1v) is 9.49. The van der Waals surface area contributed by atoms with E-state index in [1.54, 1.807) is 0 Å². The second-order valence-electron chi connectivity index (χ2n) is 7.99. The van der Waals surface area contributed by atoms with Crippen LogP contribution in [0.1, 0.15) is 23.2 Å². The maximum atomic E-state index is 13.8. The normalized spacial score (nSPS) is 26.6. The lowest BCUT2D eigenvalue weighted by atomic mass is 9.70. The van der Waals surface area contributed by atoms with Crippen LogP contribution in [0.2, 0.25) is 0 Å². The Bertz CT molecular complexity index is 967. The summed E-state index contributed by atoms with van der Waals surface area (Å²) >= 11 is 0. The number of halogens is 1. The van der Waals surface area contributed by atoms with E-state index in [9.17, 15) is 14.0 Å². The molecule has 1 aromatic carbocycles. The average Bonchev–Trinajstić information content (AvgIpc) is 3.25. The number of amides is 1. The SMILES string of the molecule is O=C(c1cc(=O)[nH]c2ccc(F)cc12)N1CC2(CCNCC2)[C@@H]2COC[C@@H]21. The molecule has 1 aromatic heterocycles. The zero-order valence-corrected chi connectivity index (χ0v) is 15.0. The molecule has 3 fully saturated rings. The molecule has 5 rings (SSSR count). The van der Waals surface area contributed by atoms with Crippen LogP contribution in [0, 0.1) is 17.2 Å². The zero-order chi connectivity index (χ0) is 18.6. The summed E-state index contributed by atoms with van der Waals surface area (Å²) in [6.45, 7) is 3.78. The largest absolute Gasteiger partial charge is 0.379 e. The van der Waals surface area contributed by atoms with E-state index < -0.39 is 5.82 Å². The van der Waals surface area contributed by atoms with Gasteiger partial charge >= 0.3 is 0 Å². The predicted molar refractivity (Wildman–Crippen MR) is 98.2 cm³/mol. The zero-order valence-electron chi connectivity index (χ0n) is 15.0. The molecular weight excluding hydrogens is 349 g/mol. The number of pyridine rings is 1. The molecule has 142 valence electrons. The third-order valence-corrected chi connectivity index (χ3v) is 6.62. The van der Waals surface area contributed by atoms with Gasteiger partial charge in [-0.1, -0.05) is 0 Å². The van der Waals surface area contributed by atoms with E-state index in [-0.39, 0.29) is 28.5 Å². The van der Waals surface area contributed by atoms with Gasteiger partial charge in [-0.25, -0.2) is 4.39 Å². The van der Waals surface area contributed by atoms with Crippen molar-refractivity contribution >= 4 is 16.8 Å². The highest BCUT2D eigenvalue weighted by atomic mass is 19.1. The van der Waals surface area contributed by atoms with Gasteiger partial charge in [-0.2, -0.15) is 0 Å². The van der Waals surface area contributed by atoms with Crippen LogP contribution in [0.3, 0.4) is 0 Å². The van der Waals surface area contributed by atoms with Gasteiger partial charge in [0, 0.05) is 29.4 Å². The number of nitrogens with zero attached hydrogens (tertiary/aromatic N) is 1. The fourth-order valence-corrected chi connectivity index (χ4v) is 5.24. The van der Waals surface area contributed by atoms with Crippen molar-refractivity contribution < 1.29 is 13.9 Å². The van der Waals surface area contributed by atoms with E-state index in [4.69, 9.17) is 4.74 Å². The number of H-pyrrole nitrogens is 1. The summed E-state index contributed by atoms with van der Waals surface area (Å²) in [6.07, 6.45) is 2.04. The summed E-state index contributed by atoms with van der Waals surface area (Å²) in [5.74, 6) is -0.303. The molecule has 0 unspecified atom stereocenters. The second-order valence-corrected chi connectivity index (χ2v) is 7.99. The van der Waals surface area contributed by atoms with Crippen LogP contribution in [-0.2, 0) is 4.74 Å². The van der Waals surface area contributed by atoms with E-state index in [0.29, 0.717) is 36.6 Å². The Kier molecular flexibility index (Phi) is 3.84. The standard InChI is InChI=1S/C20H22FN3O3/c21-12-1-2-16-13(7-12)14(8-18(25)23-16)19(26)24-11-20(3-5-22-6-4-20)15-9-27-10-17(15)24/h1-2,7-8,15,17,22H,3-6,9-11H2,(H,23,25)/t15-,17+/m1/s1. The first-order chi connectivity index (χ1) is 13.1. The quantitative estimate of drug-likeness (QED) is 0.797. The van der Waals surface area contributed by atoms with E-state index in [1.807, 2.05) is 4.90 Å². The van der Waals surface area contributed by atoms with E-state index in [1.165, 1.54) is 24.3 Å². The van der Waals surface area contributed by atoms with Gasteiger partial charge in [-0.05, 0) is 49.5 Å². The molecule has 1 spiro atoms. The number of carbonyl (C=O) groups is 1. The number of likely N-dealkylation sites (tertiary alicyclic amines) is 1. The lowest BCUT2D eigenvalue weighted by molar-refractivity contribution is 0.0608. The Hall–Kier alpha value is -2.25. The molecule has 2 aromatic rings. The van der Waals surface area contributed by atoms with Crippen LogP contribution in [-0.4, -0.2) is 54.7 Å². The van der Waals surface area contributed by atoms with Crippen molar-refractivity contribution in [1.82, 2.24) is 15.2 Å². The minimum Gasteiger partial charge on any atom is -0.379 e. The van der Waals surface area contributed by atoms with E-state index >= 15 is 0 Å². The number of hydrogen-bond acceptors (Lipinski definition) is 4. The van der Waals surface area contributed by atoms with Crippen molar-refractivity contribution in [2.45, 2.75) is 18.9 Å². The second kappa shape index (κ2) is 6.14. The highest BCUT2D eigenvalue weighted by Gasteiger charge is 2.56. The molecule has 6 nitrogen and oxygen atoms in total. The molecule has 2 N–H and O–H groups in total. The Morgan fingerprint density at radius 3 is 2.85 bits per heavy atom. The number of benzene rings is 1. The first-order valence-electron chi connectivity index (χ1n) is 9.49. The van der Waals surface area contributed by atoms with Crippen molar-refractivity contribution in [3.63, 3.8) is 0 Å². The fraction of sp³-hybridized carbons (Fsp3) is 0.500. The summed E-state index contributed by atoms with van der Waals surface area (Å²) in [5.41, 5.74) is 0.462. The topological polar surface area (TPSA) is 74.4 Å². The molecule has 0 aliphatic carbocycles. The van der Waals surface area contributed by atoms with Crippen LogP contribution < -0.4 is 10.9 Å². The summed E-state index contributed by atoms with van der Waals surface area (Å²) in [4.78, 5) is 30.1. The summed E-state index contributed by atoms with van der Waals surface area (Å²) in [7, 11) is 0. The van der Waals surface area contributed by atoms with Gasteiger partial charge in [0.2, 0.25) is 5.56 Å². The molecule has 2 atom stereocenters. The van der Waals surface area contributed by atoms with Crippen molar-refractivity contribution in [3.8, 4) is 0 Å². The number of hydrogen-bond donors (Lipinski definition) is 2. The highest BCUT2D eigenvalue weighted by Crippen LogP contribution is 2.49. The molecule has 4 heterocycles. The number of piperidine rings is 1. The molecule has 3 saturated heterocycles. The van der Waals surface area contributed by atoms with Gasteiger partial charge in [0.1, 0.15) is 5.82 Å². The van der Waals surface area contributed by atoms with Crippen LogP contribution in [0.25, 0.3) is 10.9 Å². The molecule has 1 amide bonds. The minimum absolute atomic E-state index is 0.0264. The number of nitrogens with one attached hydrogen (secondary N) is 2. The third-order valence-electron chi connectivity index (χ3n) is 6.62. The fourth-order valence-electron chi connectivity index (χ4n) is 5.24. The van der Waals surface area contributed by atoms with Crippen LogP contribution >= 0.6 is 0 Å². The highest BCUT2D eigenvalue weighted by molar-refractivity contribution is 6.06. The number of aromatic nitrogens is 1. The Morgan fingerprint density at radius 1 is 1.22 bits per heavy atom.